The minimum atomic E-state index is -0.947. The van der Waals surface area contributed by atoms with Gasteiger partial charge in [-0.1, -0.05) is 57.9 Å². The van der Waals surface area contributed by atoms with Crippen LogP contribution < -0.4 is 0 Å². The van der Waals surface area contributed by atoms with Crippen molar-refractivity contribution in [3.8, 4) is 0 Å². The molecule has 0 aromatic rings. The molecule has 0 aromatic carbocycles. The minimum Gasteiger partial charge on any atom is -0.469 e. The zero-order chi connectivity index (χ0) is 28.8. The highest BCUT2D eigenvalue weighted by atomic mass is 19.1. The van der Waals surface area contributed by atoms with Gasteiger partial charge in [0.1, 0.15) is 6.17 Å². The molecule has 2 unspecified atom stereocenters. The summed E-state index contributed by atoms with van der Waals surface area (Å²) >= 11 is 0. The van der Waals surface area contributed by atoms with Crippen LogP contribution in [0.5, 0.6) is 0 Å². The number of unbranched alkanes of at least 4 members (excludes halogenated alkanes) is 2. The average Bonchev–Trinajstić information content (AvgIpc) is 3.25. The quantitative estimate of drug-likeness (QED) is 0.108. The Morgan fingerprint density at radius 1 is 1.05 bits per heavy atom. The van der Waals surface area contributed by atoms with Gasteiger partial charge in [0.05, 0.1) is 19.3 Å². The first-order valence-electron chi connectivity index (χ1n) is 15.9. The maximum Gasteiger partial charge on any atom is 0.305 e. The van der Waals surface area contributed by atoms with E-state index in [1.807, 2.05) is 0 Å². The molecule has 0 radical (unpaired) electrons. The van der Waals surface area contributed by atoms with Gasteiger partial charge in [0, 0.05) is 37.9 Å². The van der Waals surface area contributed by atoms with Crippen LogP contribution in [0.3, 0.4) is 0 Å². The van der Waals surface area contributed by atoms with Gasteiger partial charge >= 0.3 is 5.97 Å². The van der Waals surface area contributed by atoms with Gasteiger partial charge in [-0.05, 0) is 69.6 Å². The smallest absolute Gasteiger partial charge is 0.305 e. The summed E-state index contributed by atoms with van der Waals surface area (Å²) < 4.78 is 45.1. The van der Waals surface area contributed by atoms with E-state index in [9.17, 15) is 4.79 Å². The van der Waals surface area contributed by atoms with Crippen LogP contribution in [0.2, 0.25) is 0 Å². The van der Waals surface area contributed by atoms with Crippen LogP contribution in [0.1, 0.15) is 111 Å². The Labute approximate surface area is 242 Å². The normalized spacial score (nSPS) is 30.7. The van der Waals surface area contributed by atoms with Crippen molar-refractivity contribution in [1.82, 2.24) is 0 Å². The zero-order valence-corrected chi connectivity index (χ0v) is 25.5. The predicted octanol–water partition coefficient (Wildman–Crippen LogP) is 7.85. The van der Waals surface area contributed by atoms with Crippen LogP contribution in [-0.4, -0.2) is 57.3 Å². The topological polar surface area (TPSA) is 63.2 Å². The number of esters is 1. The van der Waals surface area contributed by atoms with Gasteiger partial charge in [0.2, 0.25) is 0 Å². The summed E-state index contributed by atoms with van der Waals surface area (Å²) in [6, 6.07) is 0. The Hall–Kier alpha value is -1.28. The number of carbonyl (C=O) groups is 1. The lowest BCUT2D eigenvalue weighted by Crippen LogP contribution is -2.37. The van der Waals surface area contributed by atoms with Gasteiger partial charge in [-0.25, -0.2) is 4.39 Å². The first-order valence-corrected chi connectivity index (χ1v) is 15.9. The van der Waals surface area contributed by atoms with E-state index in [2.05, 4.69) is 45.1 Å². The lowest BCUT2D eigenvalue weighted by molar-refractivity contribution is -0.198. The van der Waals surface area contributed by atoms with E-state index in [4.69, 9.17) is 23.7 Å². The third kappa shape index (κ3) is 10.8. The van der Waals surface area contributed by atoms with Gasteiger partial charge in [-0.2, -0.15) is 0 Å². The van der Waals surface area contributed by atoms with E-state index < -0.39 is 6.17 Å². The third-order valence-corrected chi connectivity index (χ3v) is 8.75. The lowest BCUT2D eigenvalue weighted by atomic mass is 9.80. The van der Waals surface area contributed by atoms with Gasteiger partial charge in [-0.15, -0.1) is 0 Å². The molecular formula is C33H55FO6. The van der Waals surface area contributed by atoms with Crippen LogP contribution >= 0.6 is 0 Å². The number of halogens is 1. The number of ether oxygens (including phenoxy) is 5. The molecule has 7 heteroatoms. The summed E-state index contributed by atoms with van der Waals surface area (Å²) in [5.41, 5.74) is -0.0705. The number of methoxy groups -OCH3 is 1. The Morgan fingerprint density at radius 2 is 1.77 bits per heavy atom. The second-order valence-corrected chi connectivity index (χ2v) is 12.5. The highest BCUT2D eigenvalue weighted by molar-refractivity contribution is 5.69. The van der Waals surface area contributed by atoms with Crippen LogP contribution in [0.4, 0.5) is 4.39 Å². The number of rotatable bonds is 16. The van der Waals surface area contributed by atoms with Gasteiger partial charge < -0.3 is 23.7 Å². The fraction of sp³-hybridized carbons (Fsp3) is 0.848. The van der Waals surface area contributed by atoms with Crippen molar-refractivity contribution in [2.45, 2.75) is 142 Å². The summed E-state index contributed by atoms with van der Waals surface area (Å²) in [6.07, 6.45) is 19.1. The number of allylic oxidation sites excluding steroid dienone is 2. The fourth-order valence-electron chi connectivity index (χ4n) is 6.12. The maximum atomic E-state index is 15.6. The third-order valence-electron chi connectivity index (χ3n) is 8.75. The molecule has 0 N–H and O–H groups in total. The summed E-state index contributed by atoms with van der Waals surface area (Å²) in [4.78, 5) is 11.4. The van der Waals surface area contributed by atoms with E-state index in [1.54, 1.807) is 0 Å². The lowest BCUT2D eigenvalue weighted by Gasteiger charge is -2.36. The van der Waals surface area contributed by atoms with Crippen LogP contribution in [0, 0.1) is 17.3 Å². The molecule has 0 spiro atoms. The second-order valence-electron chi connectivity index (χ2n) is 12.5. The molecule has 0 aromatic heterocycles. The molecule has 1 aliphatic carbocycles. The fourth-order valence-corrected chi connectivity index (χ4v) is 6.12. The summed E-state index contributed by atoms with van der Waals surface area (Å²) in [7, 11) is 1.41. The molecule has 40 heavy (non-hydrogen) atoms. The Kier molecular flexibility index (Phi) is 14.6. The zero-order valence-electron chi connectivity index (χ0n) is 25.5. The van der Waals surface area contributed by atoms with Crippen molar-refractivity contribution in [2.24, 2.45) is 17.3 Å². The molecule has 2 heterocycles. The van der Waals surface area contributed by atoms with Gasteiger partial charge in [0.25, 0.3) is 0 Å². The van der Waals surface area contributed by atoms with E-state index >= 15 is 4.39 Å². The number of hydrogen-bond acceptors (Lipinski definition) is 6. The first kappa shape index (κ1) is 33.2. The minimum absolute atomic E-state index is 0.0689. The van der Waals surface area contributed by atoms with E-state index in [0.717, 1.165) is 77.2 Å². The molecule has 0 bridgehead atoms. The predicted molar refractivity (Wildman–Crippen MR) is 155 cm³/mol. The van der Waals surface area contributed by atoms with E-state index in [1.165, 1.54) is 7.11 Å². The molecule has 6 nitrogen and oxygen atoms in total. The van der Waals surface area contributed by atoms with Crippen molar-refractivity contribution in [3.63, 3.8) is 0 Å². The average molecular weight is 567 g/mol. The molecule has 2 saturated heterocycles. The largest absolute Gasteiger partial charge is 0.469 e. The van der Waals surface area contributed by atoms with Crippen LogP contribution in [0.25, 0.3) is 0 Å². The maximum absolute atomic E-state index is 15.6. The summed E-state index contributed by atoms with van der Waals surface area (Å²) in [5.74, 6) is -0.437. The molecule has 3 fully saturated rings. The molecule has 3 rings (SSSR count). The Balaban J connectivity index is 1.74. The second kappa shape index (κ2) is 17.6. The van der Waals surface area contributed by atoms with Crippen molar-refractivity contribution in [1.29, 1.82) is 0 Å². The van der Waals surface area contributed by atoms with E-state index in [-0.39, 0.29) is 48.0 Å². The molecule has 230 valence electrons. The van der Waals surface area contributed by atoms with Crippen LogP contribution in [0.15, 0.2) is 24.3 Å². The van der Waals surface area contributed by atoms with Gasteiger partial charge in [0.15, 0.2) is 12.6 Å². The highest BCUT2D eigenvalue weighted by Crippen LogP contribution is 2.42. The number of hydrogen-bond donors (Lipinski definition) is 0. The first-order chi connectivity index (χ1) is 19.3. The molecule has 1 saturated carbocycles. The SMILES string of the molecule is CCCCC(C)(C)[C@@H](/C=C/[C@@H]1[C@@H](C/C=C\CCCC(=O)OC)[C@H](F)C[C@H]1OC1CCCCO1)OC1CCCCO1. The summed E-state index contributed by atoms with van der Waals surface area (Å²) in [6.45, 7) is 8.21. The standard InChI is InChI=1S/C33H55FO6/c1-5-6-21-33(2,3)29(40-32-18-12-14-23-38-32)20-19-26-25(15-9-7-8-10-16-30(35)36-4)27(34)24-28(26)39-31-17-11-13-22-37-31/h7,9,19-20,25-29,31-32H,5-6,8,10-18,21-24H2,1-4H3/b9-7-,20-19+/t25-,26-,27-,28-,29-,31?,32?/m1/s1. The Morgan fingerprint density at radius 3 is 2.42 bits per heavy atom. The van der Waals surface area contributed by atoms with Crippen LogP contribution in [-0.2, 0) is 28.5 Å². The summed E-state index contributed by atoms with van der Waals surface area (Å²) in [5, 5.41) is 0. The van der Waals surface area contributed by atoms with E-state index in [0.29, 0.717) is 25.9 Å². The van der Waals surface area contributed by atoms with Crippen molar-refractivity contribution < 1.29 is 32.9 Å². The molecule has 0 amide bonds. The monoisotopic (exact) mass is 566 g/mol. The number of alkyl halides is 1. The van der Waals surface area contributed by atoms with Crippen molar-refractivity contribution in [3.05, 3.63) is 24.3 Å². The molecule has 3 aliphatic rings. The molecule has 7 atom stereocenters. The molecule has 2 aliphatic heterocycles. The van der Waals surface area contributed by atoms with Gasteiger partial charge in [-0.3, -0.25) is 4.79 Å². The van der Waals surface area contributed by atoms with Crippen molar-refractivity contribution in [2.75, 3.05) is 20.3 Å². The highest BCUT2D eigenvalue weighted by Gasteiger charge is 2.44. The van der Waals surface area contributed by atoms with Crippen molar-refractivity contribution >= 4 is 5.97 Å². The molecular weight excluding hydrogens is 511 g/mol. The Bertz CT molecular complexity index is 771. The number of carbonyl (C=O) groups excluding carboxylic acids is 1.